The van der Waals surface area contributed by atoms with Crippen molar-refractivity contribution in [3.63, 3.8) is 0 Å². The molecule has 0 radical (unpaired) electrons. The summed E-state index contributed by atoms with van der Waals surface area (Å²) in [5, 5.41) is 30.1. The van der Waals surface area contributed by atoms with Crippen molar-refractivity contribution in [1.29, 1.82) is 0 Å². The second kappa shape index (κ2) is 55.9. The average molecular weight is 2290 g/mol. The van der Waals surface area contributed by atoms with Crippen molar-refractivity contribution in [2.24, 2.45) is 39.8 Å². The van der Waals surface area contributed by atoms with Crippen LogP contribution in [0.4, 0.5) is 40.9 Å². The van der Waals surface area contributed by atoms with Gasteiger partial charge in [0.25, 0.3) is 5.33 Å². The number of aromatic nitrogens is 6. The molecule has 2 saturated carbocycles. The third kappa shape index (κ3) is 37.2. The smallest absolute Gasteiger partial charge is 0.772 e. The van der Waals surface area contributed by atoms with Gasteiger partial charge in [0.1, 0.15) is 51.8 Å². The molecule has 16 rings (SSSR count). The number of sulfone groups is 1. The average Bonchev–Trinajstić information content (AvgIpc) is 1.59. The van der Waals surface area contributed by atoms with Gasteiger partial charge in [0.05, 0.1) is 65.1 Å². The summed E-state index contributed by atoms with van der Waals surface area (Å²) < 4.78 is 182. The van der Waals surface area contributed by atoms with Gasteiger partial charge < -0.3 is 58.6 Å². The van der Waals surface area contributed by atoms with Crippen LogP contribution < -0.4 is 49.5 Å². The maximum Gasteiger partial charge on any atom is 1.00 e. The summed E-state index contributed by atoms with van der Waals surface area (Å²) in [6, 6.07) is 16.1. The molecule has 2 aliphatic carbocycles. The van der Waals surface area contributed by atoms with E-state index in [2.05, 4.69) is 143 Å². The molecule has 9 heterocycles. The molecule has 45 heteroatoms. The monoisotopic (exact) mass is 2280 g/mol. The number of phenols is 1. The van der Waals surface area contributed by atoms with Crippen molar-refractivity contribution in [3.05, 3.63) is 153 Å². The second-order valence-corrected chi connectivity index (χ2v) is 39.6. The zero-order valence-corrected chi connectivity index (χ0v) is 86.3. The molecule has 27 nitrogen and oxygen atoms in total. The fraction of sp³-hybridized carbons (Fsp3) is 0.494. The van der Waals surface area contributed by atoms with E-state index >= 15 is 0 Å². The second-order valence-electron chi connectivity index (χ2n) is 30.6. The number of aryl methyl sites for hydroxylation is 2. The van der Waals surface area contributed by atoms with Gasteiger partial charge in [0.15, 0.2) is 9.84 Å². The molecule has 4 atom stereocenters. The number of nitrogens with zero attached hydrogens (tertiary/aromatic N) is 10. The Labute approximate surface area is 828 Å². The molecule has 6 aliphatic heterocycles. The number of aromatic hydroxyl groups is 1. The maximum atomic E-state index is 12.9. The first-order valence-corrected chi connectivity index (χ1v) is 48.4. The molecule has 4 N–H and O–H groups in total. The third-order valence-electron chi connectivity index (χ3n) is 20.2. The molecular weight excluding hydrogens is 2180 g/mol. The number of allylic oxidation sites excluding steroid dienone is 1. The normalized spacial score (nSPS) is 16.2. The van der Waals surface area contributed by atoms with Crippen molar-refractivity contribution in [1.82, 2.24) is 34.2 Å². The van der Waals surface area contributed by atoms with E-state index in [9.17, 15) is 76.9 Å². The van der Waals surface area contributed by atoms with E-state index in [-0.39, 0.29) is 90.8 Å². The van der Waals surface area contributed by atoms with E-state index in [4.69, 9.17) is 36.3 Å². The molecule has 710 valence electrons. The molecule has 0 amide bonds. The van der Waals surface area contributed by atoms with Crippen molar-refractivity contribution in [2.75, 3.05) is 66.6 Å². The third-order valence-corrected chi connectivity index (χ3v) is 27.9. The number of ketones is 1. The summed E-state index contributed by atoms with van der Waals surface area (Å²) in [7, 11) is 3.25. The standard InChI is InChI=1S/C19H22F2N2O6S.C17H19BrF2N2O4.C9H6BrF2NO.C9H8BrN.C9H15BrO2.C8H6BrNO.C6H12ClN.C4H7N3.C3H6O2S.CHBrF2.Na/c20-19(21)29-12-8-15-14(17(9-12)30(26,27)13-1-2-13)10-22-23(15)16(18(24)25)7-11-3-5-28-6-4-11;1-24-16(23)15(6-10-2-4-25-5-3-10)22-14-8-11(26-17(19)20)7-13(18)12(14)9-21-22;10-8-2-6(14-9(11)12)1-5-3-13-4-7(5)8;1-6-2-7-4-11-5-8(7)9(10)3-6;1-7(11)9(10)6-8-2-4-12-5-3-8;9-8-2-6(11)1-5-3-10-4-7(5)8;1-5(2)6(7)8(3)4;1-7-3-2-4(5)6-7;4-6(5)3-1-2-3;2-1(3)4;/h8-11,13,16,19H,1-7H2,(H,24,25);7-10,15,17H,2-6H2,1H3;1-2,4,9H,3H2;2-3,5H,4H2,1H3;8-9H,2-6H2,1H3;1-2,4,11H,3H2;1-4H3;2-3H,1H3,(H2,5,6);3H,1-2H2,(H,4,5);1H;/q;;;;;;;;;;+1/p-1. The molecule has 0 bridgehead atoms. The van der Waals surface area contributed by atoms with Gasteiger partial charge in [-0.2, -0.15) is 50.4 Å². The van der Waals surface area contributed by atoms with Gasteiger partial charge in [-0.25, -0.2) is 18.0 Å². The van der Waals surface area contributed by atoms with E-state index in [0.717, 1.165) is 117 Å². The first-order chi connectivity index (χ1) is 61.0. The molecule has 5 fully saturated rings. The fourth-order valence-electron chi connectivity index (χ4n) is 13.5. The number of esters is 1. The zero-order valence-electron chi connectivity index (χ0n) is 72.4. The van der Waals surface area contributed by atoms with Gasteiger partial charge in [0.2, 0.25) is 0 Å². The maximum absolute atomic E-state index is 12.9. The number of rotatable bonds is 21. The van der Waals surface area contributed by atoms with Crippen molar-refractivity contribution < 1.29 is 140 Å². The van der Waals surface area contributed by atoms with Gasteiger partial charge >= 0.3 is 61.3 Å². The summed E-state index contributed by atoms with van der Waals surface area (Å²) in [6.07, 6.45) is 20.1. The van der Waals surface area contributed by atoms with Gasteiger partial charge in [-0.15, -0.1) is 0 Å². The number of aliphatic carboxylic acids is 1. The Morgan fingerprint density at radius 1 is 0.623 bits per heavy atom. The van der Waals surface area contributed by atoms with Gasteiger partial charge in [-0.05, 0) is 269 Å². The number of anilines is 1. The molecule has 4 unspecified atom stereocenters. The molecular formula is C85H101Br6ClF8N11NaO16S2. The van der Waals surface area contributed by atoms with E-state index in [1.165, 1.54) is 63.6 Å². The fourth-order valence-corrected chi connectivity index (χ4v) is 18.9. The molecule has 0 spiro atoms. The van der Waals surface area contributed by atoms with E-state index in [1.807, 2.05) is 68.2 Å². The van der Waals surface area contributed by atoms with Crippen LogP contribution in [-0.2, 0) is 80.9 Å². The predicted octanol–water partition coefficient (Wildman–Crippen LogP) is 17.5. The number of phenolic OH excluding ortho intramolecular Hbond substituents is 1. The number of nitrogens with two attached hydrogens (primary N) is 1. The summed E-state index contributed by atoms with van der Waals surface area (Å²) in [5.41, 5.74) is 14.9. The topological polar surface area (TPSA) is 350 Å². The Hall–Kier alpha value is -6.04. The molecule has 3 aromatic heterocycles. The van der Waals surface area contributed by atoms with E-state index in [1.54, 1.807) is 54.5 Å². The number of methoxy groups -OCH3 is 1. The van der Waals surface area contributed by atoms with Crippen LogP contribution in [0.25, 0.3) is 21.8 Å². The number of hydrogen-bond acceptors (Lipinski definition) is 23. The summed E-state index contributed by atoms with van der Waals surface area (Å²) in [5.74, 6) is 0.458. The van der Waals surface area contributed by atoms with Crippen LogP contribution in [0.15, 0.2) is 134 Å². The quantitative estimate of drug-likeness (QED) is 0.0150. The van der Waals surface area contributed by atoms with E-state index in [0.29, 0.717) is 110 Å². The molecule has 3 saturated heterocycles. The Morgan fingerprint density at radius 3 is 1.43 bits per heavy atom. The number of fused-ring (bicyclic) bond motifs is 5. The molecule has 8 aliphatic rings. The number of carbonyl (C=O) groups is 3. The van der Waals surface area contributed by atoms with Crippen molar-refractivity contribution in [3.8, 4) is 23.0 Å². The summed E-state index contributed by atoms with van der Waals surface area (Å²) in [4.78, 5) is 49.5. The van der Waals surface area contributed by atoms with E-state index < -0.39 is 75.4 Å². The number of Topliss-reactive ketones (excluding diaryl/α,β-unsaturated/α-hetero) is 1. The van der Waals surface area contributed by atoms with Crippen LogP contribution in [0.2, 0.25) is 0 Å². The number of carboxylic acids is 1. The van der Waals surface area contributed by atoms with Crippen LogP contribution in [-0.4, -0.2) is 199 Å². The molecule has 5 aromatic carbocycles. The van der Waals surface area contributed by atoms with Crippen molar-refractivity contribution >= 4 is 192 Å². The zero-order chi connectivity index (χ0) is 95.1. The van der Waals surface area contributed by atoms with Gasteiger partial charge in [-0.3, -0.25) is 38.0 Å². The minimum Gasteiger partial charge on any atom is -0.772 e. The van der Waals surface area contributed by atoms with Crippen LogP contribution in [0, 0.1) is 24.7 Å². The van der Waals surface area contributed by atoms with Crippen LogP contribution in [0.5, 0.6) is 23.0 Å². The number of alkyl halides is 10. The number of halogens is 15. The molecule has 8 aromatic rings. The number of benzene rings is 5. The number of carbonyl (C=O) groups excluding carboxylic acids is 2. The minimum absolute atomic E-state index is 0. The SMILES string of the molecule is CC(=O)C(Br)CC1CCOCC1.CC(C)=C(Cl)N(C)C.COC(=O)C(CC1CCOCC1)n1ncc2c(Br)cc(OC(F)F)cc21.Cc1cc(Br)c2c(c1)CN=C2.Cn1ccc(N)n1.FC(F)Br.FC(F)Oc1cc(Br)c2c(c1)CN=C2.O=C(O)C(CC1CCOCC1)n1ncc2c(S(=O)(=O)C3CC3)cc(OC(F)F)cc21.O=S([O-])C1CC1.Oc1cc(Br)c2c(c1)CN=C2.[Na+]. The first-order valence-electron chi connectivity index (χ1n) is 40.4. The number of aliphatic imine (C=N–C) groups is 3. The summed E-state index contributed by atoms with van der Waals surface area (Å²) in [6.45, 7) is 5.04. The first kappa shape index (κ1) is 113. The van der Waals surface area contributed by atoms with Crippen LogP contribution in [0.1, 0.15) is 155 Å². The largest absolute Gasteiger partial charge is 1.00 e. The Morgan fingerprint density at radius 2 is 1.04 bits per heavy atom. The number of nitrogen functional groups attached to an aromatic ring is 1. The minimum atomic E-state index is -3.75. The van der Waals surface area contributed by atoms with Gasteiger partial charge in [-0.1, -0.05) is 60.6 Å². The van der Waals surface area contributed by atoms with Crippen LogP contribution in [0.3, 0.4) is 0 Å². The Balaban J connectivity index is 0.000000235. The number of ether oxygens (including phenoxy) is 7. The number of carboxylic acid groups (broad SMARTS) is 1. The summed E-state index contributed by atoms with van der Waals surface area (Å²) >= 11 is 22.8. The number of hydrogen-bond donors (Lipinski definition) is 3. The predicted molar refractivity (Wildman–Crippen MR) is 498 cm³/mol. The Bertz CT molecular complexity index is 5210. The Kier molecular flexibility index (Phi) is 48.4. The van der Waals surface area contributed by atoms with Crippen molar-refractivity contribution in [2.45, 2.75) is 188 Å². The molecule has 130 heavy (non-hydrogen) atoms. The van der Waals surface area contributed by atoms with Gasteiger partial charge in [0, 0.05) is 148 Å². The van der Waals surface area contributed by atoms with Crippen LogP contribution >= 0.6 is 107 Å².